The van der Waals surface area contributed by atoms with E-state index in [9.17, 15) is 31.9 Å². The molecule has 0 atom stereocenters. The molecule has 0 saturated heterocycles. The lowest BCUT2D eigenvalue weighted by Gasteiger charge is -2.17. The van der Waals surface area contributed by atoms with Crippen LogP contribution in [0, 0.1) is 5.82 Å². The van der Waals surface area contributed by atoms with Crippen molar-refractivity contribution >= 4 is 11.8 Å². The fourth-order valence-corrected chi connectivity index (χ4v) is 3.60. The lowest BCUT2D eigenvalue weighted by atomic mass is 10.1. The summed E-state index contributed by atoms with van der Waals surface area (Å²) >= 11 is 0. The largest absolute Gasteiger partial charge is 0.416 e. The van der Waals surface area contributed by atoms with Gasteiger partial charge < -0.3 is 20.5 Å². The van der Waals surface area contributed by atoms with E-state index in [-0.39, 0.29) is 29.9 Å². The highest BCUT2D eigenvalue weighted by Crippen LogP contribution is 2.30. The van der Waals surface area contributed by atoms with E-state index in [2.05, 4.69) is 15.6 Å². The van der Waals surface area contributed by atoms with Crippen molar-refractivity contribution in [1.29, 1.82) is 0 Å². The molecule has 37 heavy (non-hydrogen) atoms. The Morgan fingerprint density at radius 2 is 1.70 bits per heavy atom. The molecule has 0 saturated carbocycles. The van der Waals surface area contributed by atoms with Crippen LogP contribution < -0.4 is 16.2 Å². The molecule has 0 bridgehead atoms. The fourth-order valence-electron chi connectivity index (χ4n) is 3.60. The van der Waals surface area contributed by atoms with Crippen LogP contribution in [0.1, 0.15) is 44.0 Å². The quantitative estimate of drug-likeness (QED) is 0.282. The number of carbonyl (C=O) groups is 2. The van der Waals surface area contributed by atoms with Gasteiger partial charge in [0.25, 0.3) is 11.8 Å². The summed E-state index contributed by atoms with van der Waals surface area (Å²) in [7, 11) is 1.59. The minimum absolute atomic E-state index is 0.0166. The zero-order chi connectivity index (χ0) is 27.0. The highest BCUT2D eigenvalue weighted by Gasteiger charge is 2.31. The molecular weight excluding hydrogens is 492 g/mol. The Morgan fingerprint density at radius 3 is 2.41 bits per heavy atom. The van der Waals surface area contributed by atoms with Gasteiger partial charge in [-0.1, -0.05) is 30.3 Å². The Bertz CT molecular complexity index is 1290. The summed E-state index contributed by atoms with van der Waals surface area (Å²) in [5.41, 5.74) is -0.601. The number of aromatic amines is 1. The van der Waals surface area contributed by atoms with Gasteiger partial charge in [0.1, 0.15) is 11.5 Å². The standard InChI is InChI=1S/C26H26F4N4O3/c1-34(16-17-6-3-2-4-7-17)25(37)19-12-22(33-23(35)13-19)24(36)32-9-5-8-31-15-18-10-20(26(28,29)30)14-21(27)11-18/h2-4,6-7,10-14,31H,5,8-9,15-16H2,1H3,(H,32,36)(H,33,35). The van der Waals surface area contributed by atoms with Gasteiger partial charge in [0.2, 0.25) is 5.56 Å². The van der Waals surface area contributed by atoms with Crippen molar-refractivity contribution in [2.45, 2.75) is 25.7 Å². The summed E-state index contributed by atoms with van der Waals surface area (Å²) in [4.78, 5) is 41.1. The average Bonchev–Trinajstić information content (AvgIpc) is 2.84. The van der Waals surface area contributed by atoms with Crippen molar-refractivity contribution < 1.29 is 27.2 Å². The van der Waals surface area contributed by atoms with Crippen LogP contribution >= 0.6 is 0 Å². The summed E-state index contributed by atoms with van der Waals surface area (Å²) in [6.07, 6.45) is -4.23. The van der Waals surface area contributed by atoms with Crippen LogP contribution in [0.4, 0.5) is 17.6 Å². The molecule has 0 aliphatic heterocycles. The van der Waals surface area contributed by atoms with E-state index in [1.165, 1.54) is 11.0 Å². The number of H-pyrrole nitrogens is 1. The monoisotopic (exact) mass is 518 g/mol. The lowest BCUT2D eigenvalue weighted by molar-refractivity contribution is -0.137. The van der Waals surface area contributed by atoms with E-state index in [0.717, 1.165) is 23.8 Å². The maximum absolute atomic E-state index is 13.5. The minimum atomic E-state index is -4.64. The molecule has 0 aliphatic rings. The first-order valence-corrected chi connectivity index (χ1v) is 11.4. The van der Waals surface area contributed by atoms with Crippen molar-refractivity contribution in [3.63, 3.8) is 0 Å². The predicted octanol–water partition coefficient (Wildman–Crippen LogP) is 3.71. The molecule has 0 fully saturated rings. The highest BCUT2D eigenvalue weighted by molar-refractivity contribution is 5.98. The third kappa shape index (κ3) is 8.28. The third-order valence-electron chi connectivity index (χ3n) is 5.38. The first kappa shape index (κ1) is 27.6. The maximum atomic E-state index is 13.5. The van der Waals surface area contributed by atoms with Crippen molar-refractivity contribution in [3.05, 3.63) is 105 Å². The number of alkyl halides is 3. The average molecular weight is 519 g/mol. The number of aromatic nitrogens is 1. The molecule has 3 N–H and O–H groups in total. The summed E-state index contributed by atoms with van der Waals surface area (Å²) in [5.74, 6) is -1.98. The van der Waals surface area contributed by atoms with Crippen LogP contribution in [0.25, 0.3) is 0 Å². The van der Waals surface area contributed by atoms with E-state index in [1.54, 1.807) is 7.05 Å². The van der Waals surface area contributed by atoms with Gasteiger partial charge in [0.15, 0.2) is 0 Å². The molecule has 2 amide bonds. The molecule has 1 aromatic heterocycles. The molecule has 3 rings (SSSR count). The number of nitrogens with one attached hydrogen (secondary N) is 3. The number of benzene rings is 2. The van der Waals surface area contributed by atoms with E-state index in [4.69, 9.17) is 0 Å². The second-order valence-electron chi connectivity index (χ2n) is 8.43. The van der Waals surface area contributed by atoms with Crippen LogP contribution in [0.15, 0.2) is 65.5 Å². The molecule has 1 heterocycles. The zero-order valence-electron chi connectivity index (χ0n) is 20.0. The molecule has 0 spiro atoms. The number of halogens is 4. The Morgan fingerprint density at radius 1 is 0.973 bits per heavy atom. The molecule has 0 aliphatic carbocycles. The fraction of sp³-hybridized carbons (Fsp3) is 0.269. The molecule has 7 nitrogen and oxygen atoms in total. The predicted molar refractivity (Wildman–Crippen MR) is 129 cm³/mol. The molecule has 0 unspecified atom stereocenters. The molecule has 196 valence electrons. The number of pyridine rings is 1. The van der Waals surface area contributed by atoms with Crippen molar-refractivity contribution in [1.82, 2.24) is 20.5 Å². The van der Waals surface area contributed by atoms with Gasteiger partial charge in [-0.2, -0.15) is 13.2 Å². The smallest absolute Gasteiger partial charge is 0.351 e. The van der Waals surface area contributed by atoms with Crippen LogP contribution in [0.5, 0.6) is 0 Å². The lowest BCUT2D eigenvalue weighted by Crippen LogP contribution is -2.31. The Kier molecular flexibility index (Phi) is 9.18. The Hall–Kier alpha value is -3.99. The van der Waals surface area contributed by atoms with Gasteiger partial charge in [-0.05, 0) is 48.4 Å². The van der Waals surface area contributed by atoms with Crippen molar-refractivity contribution in [2.24, 2.45) is 0 Å². The number of hydrogen-bond acceptors (Lipinski definition) is 4. The number of rotatable bonds is 10. The Balaban J connectivity index is 1.49. The normalized spacial score (nSPS) is 11.3. The summed E-state index contributed by atoms with van der Waals surface area (Å²) in [6.45, 7) is 0.866. The maximum Gasteiger partial charge on any atom is 0.416 e. The topological polar surface area (TPSA) is 94.3 Å². The van der Waals surface area contributed by atoms with E-state index in [1.807, 2.05) is 30.3 Å². The zero-order valence-corrected chi connectivity index (χ0v) is 20.0. The second-order valence-corrected chi connectivity index (χ2v) is 8.43. The van der Waals surface area contributed by atoms with Crippen molar-refractivity contribution in [3.8, 4) is 0 Å². The van der Waals surface area contributed by atoms with Crippen LogP contribution in [0.2, 0.25) is 0 Å². The second kappa shape index (κ2) is 12.3. The van der Waals surface area contributed by atoms with Crippen LogP contribution in [0.3, 0.4) is 0 Å². The third-order valence-corrected chi connectivity index (χ3v) is 5.38. The van der Waals surface area contributed by atoms with E-state index >= 15 is 0 Å². The van der Waals surface area contributed by atoms with Crippen LogP contribution in [-0.4, -0.2) is 41.8 Å². The molecule has 11 heteroatoms. The van der Waals surface area contributed by atoms with Gasteiger partial charge in [0.05, 0.1) is 5.56 Å². The summed E-state index contributed by atoms with van der Waals surface area (Å²) in [6, 6.07) is 14.1. The van der Waals surface area contributed by atoms with Gasteiger partial charge in [-0.25, -0.2) is 4.39 Å². The Labute approximate surface area is 210 Å². The number of nitrogens with zero attached hydrogens (tertiary/aromatic N) is 1. The summed E-state index contributed by atoms with van der Waals surface area (Å²) < 4.78 is 51.9. The molecule has 2 aromatic carbocycles. The first-order valence-electron chi connectivity index (χ1n) is 11.4. The van der Waals surface area contributed by atoms with Gasteiger partial charge in [0, 0.05) is 38.3 Å². The molecule has 0 radical (unpaired) electrons. The minimum Gasteiger partial charge on any atom is -0.351 e. The SMILES string of the molecule is CN(Cc1ccccc1)C(=O)c1cc(C(=O)NCCCNCc2cc(F)cc(C(F)(F)F)c2)[nH]c(=O)c1. The highest BCUT2D eigenvalue weighted by atomic mass is 19.4. The van der Waals surface area contributed by atoms with E-state index in [0.29, 0.717) is 25.6 Å². The van der Waals surface area contributed by atoms with Gasteiger partial charge >= 0.3 is 6.18 Å². The summed E-state index contributed by atoms with van der Waals surface area (Å²) in [5, 5.41) is 5.51. The molecular formula is C26H26F4N4O3. The number of carbonyl (C=O) groups excluding carboxylic acids is 2. The van der Waals surface area contributed by atoms with Crippen molar-refractivity contribution in [2.75, 3.05) is 20.1 Å². The molecule has 3 aromatic rings. The van der Waals surface area contributed by atoms with Gasteiger partial charge in [-0.15, -0.1) is 0 Å². The first-order chi connectivity index (χ1) is 17.5. The number of amides is 2. The van der Waals surface area contributed by atoms with Gasteiger partial charge in [-0.3, -0.25) is 14.4 Å². The van der Waals surface area contributed by atoms with Crippen LogP contribution in [-0.2, 0) is 19.3 Å². The number of hydrogen-bond donors (Lipinski definition) is 3. The van der Waals surface area contributed by atoms with E-state index < -0.39 is 34.9 Å².